The number of nitrogen functional groups attached to an aromatic ring is 1. The lowest BCUT2D eigenvalue weighted by molar-refractivity contribution is 0.0557. The number of hydrogen-bond donors (Lipinski definition) is 2. The van der Waals surface area contributed by atoms with Crippen LogP contribution in [-0.4, -0.2) is 60.3 Å². The van der Waals surface area contributed by atoms with Gasteiger partial charge in [0.1, 0.15) is 5.82 Å². The quantitative estimate of drug-likeness (QED) is 0.323. The second-order valence-electron chi connectivity index (χ2n) is 8.45. The lowest BCUT2D eigenvalue weighted by Gasteiger charge is -2.37. The molecule has 0 saturated carbocycles. The smallest absolute Gasteiger partial charge is 0.338 e. The molecule has 0 bridgehead atoms. The lowest BCUT2D eigenvalue weighted by atomic mass is 9.99. The van der Waals surface area contributed by atoms with Crippen LogP contribution in [0.5, 0.6) is 0 Å². The zero-order valence-electron chi connectivity index (χ0n) is 18.7. The van der Waals surface area contributed by atoms with Gasteiger partial charge in [0.25, 0.3) is 0 Å². The van der Waals surface area contributed by atoms with Gasteiger partial charge in [-0.25, -0.2) is 15.6 Å². The molecule has 2 fully saturated rings. The third kappa shape index (κ3) is 4.56. The normalized spacial score (nSPS) is 16.8. The van der Waals surface area contributed by atoms with Crippen molar-refractivity contribution in [1.29, 1.82) is 0 Å². The SMILES string of the molecule is C=C(c1cc(-c2ccc(N3CCCC3)nc2)ccc1N)N(C(=O)N(C)N)C1CCOCC1. The first-order chi connectivity index (χ1) is 15.5. The monoisotopic (exact) mass is 436 g/mol. The van der Waals surface area contributed by atoms with Crippen molar-refractivity contribution in [3.63, 3.8) is 0 Å². The number of amides is 2. The zero-order valence-corrected chi connectivity index (χ0v) is 18.7. The van der Waals surface area contributed by atoms with E-state index >= 15 is 0 Å². The van der Waals surface area contributed by atoms with Crippen molar-refractivity contribution in [2.24, 2.45) is 5.84 Å². The molecule has 4 N–H and O–H groups in total. The fourth-order valence-corrected chi connectivity index (χ4v) is 4.41. The van der Waals surface area contributed by atoms with E-state index in [1.54, 1.807) is 4.90 Å². The Balaban J connectivity index is 1.63. The maximum Gasteiger partial charge on any atom is 0.338 e. The Bertz CT molecular complexity index is 963. The van der Waals surface area contributed by atoms with E-state index in [2.05, 4.69) is 28.6 Å². The first-order valence-electron chi connectivity index (χ1n) is 11.1. The molecule has 2 aliphatic rings. The molecular weight excluding hydrogens is 404 g/mol. The van der Waals surface area contributed by atoms with Crippen molar-refractivity contribution in [3.05, 3.63) is 48.7 Å². The second kappa shape index (κ2) is 9.58. The van der Waals surface area contributed by atoms with Crippen molar-refractivity contribution in [2.75, 3.05) is 44.0 Å². The van der Waals surface area contributed by atoms with Crippen LogP contribution in [0.2, 0.25) is 0 Å². The van der Waals surface area contributed by atoms with Gasteiger partial charge in [-0.1, -0.05) is 12.6 Å². The molecule has 0 spiro atoms. The molecule has 0 aliphatic carbocycles. The number of hydrogen-bond acceptors (Lipinski definition) is 6. The molecule has 2 amide bonds. The predicted molar refractivity (Wildman–Crippen MR) is 128 cm³/mol. The minimum absolute atomic E-state index is 0.0424. The number of carbonyl (C=O) groups is 1. The standard InChI is InChI=1S/C24H32N6O2/c1-17(30(24(31)28(2)26)20-9-13-32-14-10-20)21-15-18(5-7-22(21)25)19-6-8-23(27-16-19)29-11-3-4-12-29/h5-8,15-16,20H,1,3-4,9-14,25-26H2,2H3. The lowest BCUT2D eigenvalue weighted by Crippen LogP contribution is -2.49. The van der Waals surface area contributed by atoms with E-state index in [0.29, 0.717) is 30.2 Å². The number of carbonyl (C=O) groups excluding carboxylic acids is 1. The number of pyridine rings is 1. The van der Waals surface area contributed by atoms with Crippen LogP contribution in [0.3, 0.4) is 0 Å². The largest absolute Gasteiger partial charge is 0.398 e. The molecule has 8 nitrogen and oxygen atoms in total. The van der Waals surface area contributed by atoms with Crippen molar-refractivity contribution in [3.8, 4) is 11.1 Å². The highest BCUT2D eigenvalue weighted by molar-refractivity contribution is 5.89. The van der Waals surface area contributed by atoms with Crippen molar-refractivity contribution in [2.45, 2.75) is 31.7 Å². The number of hydrazine groups is 1. The summed E-state index contributed by atoms with van der Waals surface area (Å²) >= 11 is 0. The summed E-state index contributed by atoms with van der Waals surface area (Å²) in [6, 6.07) is 9.57. The number of aromatic nitrogens is 1. The van der Waals surface area contributed by atoms with Crippen LogP contribution in [0.4, 0.5) is 16.3 Å². The van der Waals surface area contributed by atoms with Gasteiger partial charge in [0.2, 0.25) is 0 Å². The van der Waals surface area contributed by atoms with Gasteiger partial charge in [0, 0.05) is 68.1 Å². The number of nitrogens with two attached hydrogens (primary N) is 2. The van der Waals surface area contributed by atoms with Gasteiger partial charge < -0.3 is 15.4 Å². The topological polar surface area (TPSA) is 101 Å². The van der Waals surface area contributed by atoms with E-state index in [1.807, 2.05) is 24.4 Å². The summed E-state index contributed by atoms with van der Waals surface area (Å²) in [4.78, 5) is 21.6. The minimum atomic E-state index is -0.316. The molecule has 0 radical (unpaired) electrons. The first kappa shape index (κ1) is 22.1. The summed E-state index contributed by atoms with van der Waals surface area (Å²) in [5.74, 6) is 6.82. The van der Waals surface area contributed by atoms with Gasteiger partial charge >= 0.3 is 6.03 Å². The molecule has 2 saturated heterocycles. The van der Waals surface area contributed by atoms with Gasteiger partial charge in [-0.3, -0.25) is 9.91 Å². The summed E-state index contributed by atoms with van der Waals surface area (Å²) in [5, 5.41) is 1.09. The van der Waals surface area contributed by atoms with E-state index < -0.39 is 0 Å². The van der Waals surface area contributed by atoms with Crippen LogP contribution in [0.15, 0.2) is 43.1 Å². The summed E-state index contributed by atoms with van der Waals surface area (Å²) in [6.45, 7) is 7.56. The summed E-state index contributed by atoms with van der Waals surface area (Å²) in [7, 11) is 1.54. The average molecular weight is 437 g/mol. The molecule has 3 heterocycles. The molecule has 2 aliphatic heterocycles. The van der Waals surface area contributed by atoms with Gasteiger partial charge in [-0.15, -0.1) is 0 Å². The minimum Gasteiger partial charge on any atom is -0.398 e. The molecule has 8 heteroatoms. The Morgan fingerprint density at radius 1 is 1.16 bits per heavy atom. The molecule has 2 aromatic rings. The van der Waals surface area contributed by atoms with Crippen LogP contribution >= 0.6 is 0 Å². The average Bonchev–Trinajstić information content (AvgIpc) is 3.35. The molecule has 1 aromatic carbocycles. The Labute approximate surface area is 189 Å². The fraction of sp³-hybridized carbons (Fsp3) is 0.417. The number of ether oxygens (including phenoxy) is 1. The summed E-state index contributed by atoms with van der Waals surface area (Å²) < 4.78 is 5.48. The highest BCUT2D eigenvalue weighted by atomic mass is 16.5. The van der Waals surface area contributed by atoms with Crippen LogP contribution in [-0.2, 0) is 4.74 Å². The molecule has 32 heavy (non-hydrogen) atoms. The van der Waals surface area contributed by atoms with Gasteiger partial charge in [0.05, 0.1) is 0 Å². The zero-order chi connectivity index (χ0) is 22.7. The Morgan fingerprint density at radius 2 is 1.84 bits per heavy atom. The Hall–Kier alpha value is -3.10. The van der Waals surface area contributed by atoms with E-state index in [0.717, 1.165) is 47.9 Å². The summed E-state index contributed by atoms with van der Waals surface area (Å²) in [6.07, 6.45) is 5.77. The van der Waals surface area contributed by atoms with E-state index in [4.69, 9.17) is 16.3 Å². The Morgan fingerprint density at radius 3 is 2.47 bits per heavy atom. The number of benzene rings is 1. The first-order valence-corrected chi connectivity index (χ1v) is 11.1. The van der Waals surface area contributed by atoms with Crippen LogP contribution < -0.4 is 16.5 Å². The molecular formula is C24H32N6O2. The predicted octanol–water partition coefficient (Wildman–Crippen LogP) is 3.31. The van der Waals surface area contributed by atoms with Gasteiger partial charge in [0.15, 0.2) is 0 Å². The third-order valence-electron chi connectivity index (χ3n) is 6.23. The number of rotatable bonds is 5. The van der Waals surface area contributed by atoms with Crippen molar-refractivity contribution in [1.82, 2.24) is 14.9 Å². The molecule has 170 valence electrons. The number of anilines is 2. The second-order valence-corrected chi connectivity index (χ2v) is 8.45. The number of urea groups is 1. The van der Waals surface area contributed by atoms with Gasteiger partial charge in [-0.2, -0.15) is 0 Å². The number of nitrogens with zero attached hydrogens (tertiary/aromatic N) is 4. The Kier molecular flexibility index (Phi) is 6.62. The van der Waals surface area contributed by atoms with E-state index in [9.17, 15) is 4.79 Å². The van der Waals surface area contributed by atoms with Crippen molar-refractivity contribution >= 4 is 23.2 Å². The molecule has 0 unspecified atom stereocenters. The van der Waals surface area contributed by atoms with Crippen LogP contribution in [0.1, 0.15) is 31.2 Å². The third-order valence-corrected chi connectivity index (χ3v) is 6.23. The fourth-order valence-electron chi connectivity index (χ4n) is 4.41. The highest BCUT2D eigenvalue weighted by Crippen LogP contribution is 2.33. The molecule has 0 atom stereocenters. The van der Waals surface area contributed by atoms with Crippen LogP contribution in [0.25, 0.3) is 16.8 Å². The summed E-state index contributed by atoms with van der Waals surface area (Å²) in [5.41, 5.74) is 10.1. The van der Waals surface area contributed by atoms with Crippen molar-refractivity contribution < 1.29 is 9.53 Å². The van der Waals surface area contributed by atoms with Gasteiger partial charge in [-0.05, 0) is 55.5 Å². The molecule has 1 aromatic heterocycles. The maximum absolute atomic E-state index is 13.0. The van der Waals surface area contributed by atoms with E-state index in [1.165, 1.54) is 19.9 Å². The maximum atomic E-state index is 13.0. The highest BCUT2D eigenvalue weighted by Gasteiger charge is 2.30. The van der Waals surface area contributed by atoms with Crippen LogP contribution in [0, 0.1) is 0 Å². The molecule has 4 rings (SSSR count). The van der Waals surface area contributed by atoms with E-state index in [-0.39, 0.29) is 12.1 Å².